The fourth-order valence-electron chi connectivity index (χ4n) is 0.679. The van der Waals surface area contributed by atoms with Crippen LogP contribution in [-0.4, -0.2) is 27.4 Å². The van der Waals surface area contributed by atoms with E-state index in [2.05, 4.69) is 13.8 Å². The van der Waals surface area contributed by atoms with Gasteiger partial charge in [-0.2, -0.15) is 0 Å². The summed E-state index contributed by atoms with van der Waals surface area (Å²) in [5.41, 5.74) is 2.51. The molecule has 2 nitrogen and oxygen atoms in total. The highest BCUT2D eigenvalue weighted by Crippen LogP contribution is 2.02. The van der Waals surface area contributed by atoms with E-state index >= 15 is 0 Å². The second kappa shape index (κ2) is 5.45. The fourth-order valence-corrected chi connectivity index (χ4v) is 0.679. The first-order chi connectivity index (χ1) is 4.72. The van der Waals surface area contributed by atoms with Crippen LogP contribution in [0.25, 0.3) is 0 Å². The standard InChI is InChI=1S/C8H16O2/c1-7(5-9-3)8(2)6-10-4/h5-6H2,1-4H3/b8-7+. The normalized spacial score (nSPS) is 13.2. The van der Waals surface area contributed by atoms with Gasteiger partial charge in [-0.3, -0.25) is 0 Å². The summed E-state index contributed by atoms with van der Waals surface area (Å²) in [6.07, 6.45) is 0. The minimum absolute atomic E-state index is 0.704. The van der Waals surface area contributed by atoms with Gasteiger partial charge in [-0.25, -0.2) is 0 Å². The van der Waals surface area contributed by atoms with Gasteiger partial charge in [0.2, 0.25) is 0 Å². The molecule has 0 saturated carbocycles. The first kappa shape index (κ1) is 9.66. The van der Waals surface area contributed by atoms with E-state index in [1.54, 1.807) is 14.2 Å². The molecule has 0 bridgehead atoms. The summed E-state index contributed by atoms with van der Waals surface area (Å²) in [6, 6.07) is 0. The third-order valence-electron chi connectivity index (χ3n) is 1.45. The molecular weight excluding hydrogens is 128 g/mol. The first-order valence-corrected chi connectivity index (χ1v) is 3.35. The Morgan fingerprint density at radius 1 is 0.900 bits per heavy atom. The summed E-state index contributed by atoms with van der Waals surface area (Å²) in [5.74, 6) is 0. The van der Waals surface area contributed by atoms with Gasteiger partial charge in [-0.15, -0.1) is 0 Å². The molecule has 0 atom stereocenters. The average molecular weight is 144 g/mol. The van der Waals surface area contributed by atoms with Crippen LogP contribution >= 0.6 is 0 Å². The second-order valence-corrected chi connectivity index (χ2v) is 2.43. The molecule has 0 aliphatic rings. The molecule has 0 amide bonds. The lowest BCUT2D eigenvalue weighted by atomic mass is 10.2. The molecule has 0 rings (SSSR count). The third kappa shape index (κ3) is 3.64. The molecule has 2 heteroatoms. The molecule has 0 saturated heterocycles. The highest BCUT2D eigenvalue weighted by atomic mass is 16.5. The number of rotatable bonds is 4. The van der Waals surface area contributed by atoms with Gasteiger partial charge >= 0.3 is 0 Å². The smallest absolute Gasteiger partial charge is 0.0673 e. The second-order valence-electron chi connectivity index (χ2n) is 2.43. The van der Waals surface area contributed by atoms with E-state index < -0.39 is 0 Å². The van der Waals surface area contributed by atoms with Crippen molar-refractivity contribution >= 4 is 0 Å². The van der Waals surface area contributed by atoms with Gasteiger partial charge in [0.25, 0.3) is 0 Å². The molecule has 60 valence electrons. The molecule has 0 aromatic rings. The topological polar surface area (TPSA) is 18.5 Å². The zero-order valence-corrected chi connectivity index (χ0v) is 7.23. The molecule has 0 aromatic heterocycles. The van der Waals surface area contributed by atoms with E-state index in [0.717, 1.165) is 0 Å². The summed E-state index contributed by atoms with van der Waals surface area (Å²) >= 11 is 0. The SMILES string of the molecule is COC/C(C)=C(\C)COC. The highest BCUT2D eigenvalue weighted by Gasteiger charge is 1.94. The number of methoxy groups -OCH3 is 2. The van der Waals surface area contributed by atoms with Crippen LogP contribution in [0.2, 0.25) is 0 Å². The molecule has 0 unspecified atom stereocenters. The van der Waals surface area contributed by atoms with E-state index in [1.807, 2.05) is 0 Å². The summed E-state index contributed by atoms with van der Waals surface area (Å²) in [4.78, 5) is 0. The van der Waals surface area contributed by atoms with Crippen LogP contribution in [-0.2, 0) is 9.47 Å². The van der Waals surface area contributed by atoms with Gasteiger partial charge in [0.05, 0.1) is 13.2 Å². The van der Waals surface area contributed by atoms with Crippen LogP contribution in [0.4, 0.5) is 0 Å². The largest absolute Gasteiger partial charge is 0.380 e. The lowest BCUT2D eigenvalue weighted by Gasteiger charge is -2.04. The van der Waals surface area contributed by atoms with Gasteiger partial charge in [0, 0.05) is 14.2 Å². The minimum atomic E-state index is 0.704. The first-order valence-electron chi connectivity index (χ1n) is 3.35. The minimum Gasteiger partial charge on any atom is -0.380 e. The Morgan fingerprint density at radius 2 is 1.20 bits per heavy atom. The van der Waals surface area contributed by atoms with E-state index in [1.165, 1.54) is 11.1 Å². The Balaban J connectivity index is 3.79. The lowest BCUT2D eigenvalue weighted by Crippen LogP contribution is -1.98. The predicted octanol–water partition coefficient (Wildman–Crippen LogP) is 1.62. The van der Waals surface area contributed by atoms with Crippen molar-refractivity contribution < 1.29 is 9.47 Å². The molecule has 0 radical (unpaired) electrons. The maximum Gasteiger partial charge on any atom is 0.0673 e. The van der Waals surface area contributed by atoms with Crippen LogP contribution in [0.3, 0.4) is 0 Å². The molecule has 10 heavy (non-hydrogen) atoms. The van der Waals surface area contributed by atoms with Crippen molar-refractivity contribution in [1.29, 1.82) is 0 Å². The molecule has 0 fully saturated rings. The van der Waals surface area contributed by atoms with Crippen LogP contribution in [0.15, 0.2) is 11.1 Å². The van der Waals surface area contributed by atoms with E-state index in [-0.39, 0.29) is 0 Å². The molecule has 0 heterocycles. The monoisotopic (exact) mass is 144 g/mol. The van der Waals surface area contributed by atoms with E-state index in [4.69, 9.17) is 9.47 Å². The van der Waals surface area contributed by atoms with E-state index in [9.17, 15) is 0 Å². The van der Waals surface area contributed by atoms with Gasteiger partial charge in [0.1, 0.15) is 0 Å². The zero-order valence-electron chi connectivity index (χ0n) is 7.23. The highest BCUT2D eigenvalue weighted by molar-refractivity contribution is 5.09. The van der Waals surface area contributed by atoms with Crippen molar-refractivity contribution in [3.05, 3.63) is 11.1 Å². The van der Waals surface area contributed by atoms with Crippen LogP contribution in [0, 0.1) is 0 Å². The van der Waals surface area contributed by atoms with Gasteiger partial charge in [-0.05, 0) is 25.0 Å². The van der Waals surface area contributed by atoms with Crippen molar-refractivity contribution in [2.24, 2.45) is 0 Å². The summed E-state index contributed by atoms with van der Waals surface area (Å²) in [5, 5.41) is 0. The van der Waals surface area contributed by atoms with Crippen molar-refractivity contribution in [2.45, 2.75) is 13.8 Å². The maximum absolute atomic E-state index is 4.96. The predicted molar refractivity (Wildman–Crippen MR) is 42.1 cm³/mol. The summed E-state index contributed by atoms with van der Waals surface area (Å²) in [6.45, 7) is 5.51. The Hall–Kier alpha value is -0.340. The maximum atomic E-state index is 4.96. The quantitative estimate of drug-likeness (QED) is 0.558. The van der Waals surface area contributed by atoms with Gasteiger partial charge < -0.3 is 9.47 Å². The Labute approximate surface area is 62.8 Å². The molecule has 0 aromatic carbocycles. The Morgan fingerprint density at radius 3 is 1.40 bits per heavy atom. The van der Waals surface area contributed by atoms with Crippen molar-refractivity contribution in [3.63, 3.8) is 0 Å². The number of ether oxygens (including phenoxy) is 2. The third-order valence-corrected chi connectivity index (χ3v) is 1.45. The van der Waals surface area contributed by atoms with E-state index in [0.29, 0.717) is 13.2 Å². The average Bonchev–Trinajstić information content (AvgIpc) is 1.89. The van der Waals surface area contributed by atoms with Crippen LogP contribution < -0.4 is 0 Å². The molecule has 0 spiro atoms. The van der Waals surface area contributed by atoms with Crippen molar-refractivity contribution in [2.75, 3.05) is 27.4 Å². The Bertz CT molecular complexity index is 102. The molecule has 0 aliphatic heterocycles. The van der Waals surface area contributed by atoms with Gasteiger partial charge in [-0.1, -0.05) is 0 Å². The van der Waals surface area contributed by atoms with Gasteiger partial charge in [0.15, 0.2) is 0 Å². The lowest BCUT2D eigenvalue weighted by molar-refractivity contribution is 0.211. The summed E-state index contributed by atoms with van der Waals surface area (Å²) in [7, 11) is 3.40. The van der Waals surface area contributed by atoms with Crippen LogP contribution in [0.1, 0.15) is 13.8 Å². The molecular formula is C8H16O2. The van der Waals surface area contributed by atoms with Crippen molar-refractivity contribution in [3.8, 4) is 0 Å². The summed E-state index contributed by atoms with van der Waals surface area (Å²) < 4.78 is 9.92. The zero-order chi connectivity index (χ0) is 7.98. The number of hydrogen-bond donors (Lipinski definition) is 0. The fraction of sp³-hybridized carbons (Fsp3) is 0.750. The molecule has 0 N–H and O–H groups in total. The molecule has 0 aliphatic carbocycles. The van der Waals surface area contributed by atoms with Crippen molar-refractivity contribution in [1.82, 2.24) is 0 Å². The van der Waals surface area contributed by atoms with Crippen LogP contribution in [0.5, 0.6) is 0 Å². The number of hydrogen-bond acceptors (Lipinski definition) is 2. The Kier molecular flexibility index (Phi) is 5.26.